The van der Waals surface area contributed by atoms with Gasteiger partial charge in [-0.25, -0.2) is 14.0 Å². The van der Waals surface area contributed by atoms with E-state index in [0.717, 1.165) is 0 Å². The number of nitrogens with zero attached hydrogens (tertiary/aromatic N) is 1. The van der Waals surface area contributed by atoms with Gasteiger partial charge in [-0.05, 0) is 72.5 Å². The molecule has 0 radical (unpaired) electrons. The standard InChI is InChI=1S/C33H30FNO11/c34-20-8-4-18(5-9-20)24(36)15-14-23-26(35(31(23)42)21-10-1-17(2-11-21)3-16-25(37)38)19-6-12-22(13-7-19)45-33-29(41)27(39)28(40)30(46-33)32(43)44/h1-2,4-13,23-24,26-30,33,36,39-41H,14-15H2,(H,37,38)(H,43,44)/t23?,24-,26+,27-,28?,29?,30-,33+/m0/s1. The Labute approximate surface area is 261 Å². The molecule has 3 aromatic carbocycles. The molecule has 0 aliphatic carbocycles. The van der Waals surface area contributed by atoms with E-state index in [-0.39, 0.29) is 24.5 Å². The van der Waals surface area contributed by atoms with Gasteiger partial charge in [-0.15, -0.1) is 0 Å². The lowest BCUT2D eigenvalue weighted by Gasteiger charge is -2.48. The minimum atomic E-state index is -1.87. The van der Waals surface area contributed by atoms with Crippen molar-refractivity contribution in [1.82, 2.24) is 0 Å². The van der Waals surface area contributed by atoms with Crippen LogP contribution in [0.25, 0.3) is 0 Å². The molecule has 2 fully saturated rings. The fourth-order valence-corrected chi connectivity index (χ4v) is 5.55. The first kappa shape index (κ1) is 32.6. The first-order valence-electron chi connectivity index (χ1n) is 14.2. The van der Waals surface area contributed by atoms with Gasteiger partial charge in [0.25, 0.3) is 0 Å². The largest absolute Gasteiger partial charge is 0.479 e. The number of β-lactam (4-membered cyclic amide) rings is 1. The minimum Gasteiger partial charge on any atom is -0.479 e. The summed E-state index contributed by atoms with van der Waals surface area (Å²) >= 11 is 0. The number of aliphatic hydroxyl groups excluding tert-OH is 4. The maximum atomic E-state index is 13.5. The number of benzene rings is 3. The summed E-state index contributed by atoms with van der Waals surface area (Å²) in [6, 6.07) is 17.7. The van der Waals surface area contributed by atoms with Gasteiger partial charge in [-0.1, -0.05) is 30.2 Å². The first-order chi connectivity index (χ1) is 21.9. The number of carboxylic acids is 2. The van der Waals surface area contributed by atoms with Gasteiger partial charge in [0.05, 0.1) is 18.1 Å². The van der Waals surface area contributed by atoms with E-state index < -0.39 is 66.5 Å². The van der Waals surface area contributed by atoms with Crippen molar-refractivity contribution in [3.63, 3.8) is 0 Å². The molecule has 8 atom stereocenters. The highest BCUT2D eigenvalue weighted by molar-refractivity contribution is 6.03. The van der Waals surface area contributed by atoms with Crippen molar-refractivity contribution in [2.24, 2.45) is 5.92 Å². The molecule has 5 rings (SSSR count). The van der Waals surface area contributed by atoms with E-state index in [1.807, 2.05) is 5.92 Å². The Hall–Kier alpha value is -4.84. The zero-order chi connectivity index (χ0) is 33.1. The molecule has 3 aromatic rings. The smallest absolute Gasteiger partial charge is 0.382 e. The van der Waals surface area contributed by atoms with Crippen molar-refractivity contribution in [2.45, 2.75) is 55.7 Å². The number of carbonyl (C=O) groups is 3. The molecule has 0 spiro atoms. The predicted octanol–water partition coefficient (Wildman–Crippen LogP) is 1.75. The van der Waals surface area contributed by atoms with Crippen LogP contribution in [-0.4, -0.2) is 79.2 Å². The number of rotatable bonds is 9. The number of halogens is 1. The number of hydrogen-bond donors (Lipinski definition) is 6. The molecule has 0 saturated carbocycles. The summed E-state index contributed by atoms with van der Waals surface area (Å²) in [6.45, 7) is 0. The van der Waals surface area contributed by atoms with Gasteiger partial charge in [-0.2, -0.15) is 0 Å². The lowest BCUT2D eigenvalue weighted by molar-refractivity contribution is -0.271. The SMILES string of the molecule is O=C(O)C#Cc1ccc(N2C(=O)C(CC[C@H](O)c3ccc(F)cc3)[C@H]2c2ccc(O[C@@H]3O[C@H](C(=O)O)C(O)[C@H](O)C3O)cc2)cc1. The molecule has 240 valence electrons. The lowest BCUT2D eigenvalue weighted by Crippen LogP contribution is -2.61. The van der Waals surface area contributed by atoms with Crippen LogP contribution in [0.5, 0.6) is 5.75 Å². The number of amides is 1. The predicted molar refractivity (Wildman–Crippen MR) is 157 cm³/mol. The van der Waals surface area contributed by atoms with Crippen molar-refractivity contribution < 1.29 is 58.9 Å². The van der Waals surface area contributed by atoms with E-state index in [0.29, 0.717) is 22.4 Å². The van der Waals surface area contributed by atoms with Crippen molar-refractivity contribution in [2.75, 3.05) is 4.90 Å². The van der Waals surface area contributed by atoms with Crippen LogP contribution in [0.15, 0.2) is 72.8 Å². The Balaban J connectivity index is 1.36. The summed E-state index contributed by atoms with van der Waals surface area (Å²) in [5.41, 5.74) is 2.14. The topological polar surface area (TPSA) is 194 Å². The van der Waals surface area contributed by atoms with Gasteiger partial charge < -0.3 is 45.0 Å². The molecule has 2 aliphatic heterocycles. The molecule has 13 heteroatoms. The quantitative estimate of drug-likeness (QED) is 0.148. The normalized spacial score (nSPS) is 26.3. The number of ether oxygens (including phenoxy) is 2. The zero-order valence-electron chi connectivity index (χ0n) is 24.0. The van der Waals surface area contributed by atoms with Crippen LogP contribution in [0.4, 0.5) is 10.1 Å². The lowest BCUT2D eigenvalue weighted by atomic mass is 9.78. The Kier molecular flexibility index (Phi) is 9.66. The van der Waals surface area contributed by atoms with Crippen LogP contribution >= 0.6 is 0 Å². The van der Waals surface area contributed by atoms with Gasteiger partial charge in [-0.3, -0.25) is 4.79 Å². The van der Waals surface area contributed by atoms with Gasteiger partial charge in [0.2, 0.25) is 12.2 Å². The third-order valence-electron chi connectivity index (χ3n) is 7.97. The Bertz CT molecular complexity index is 1640. The van der Waals surface area contributed by atoms with Crippen molar-refractivity contribution in [1.29, 1.82) is 0 Å². The van der Waals surface area contributed by atoms with Crippen LogP contribution in [0.2, 0.25) is 0 Å². The number of aliphatic hydroxyl groups is 4. The molecular formula is C33H30FNO11. The summed E-state index contributed by atoms with van der Waals surface area (Å²) in [6.07, 6.45) is -9.30. The number of carbonyl (C=O) groups excluding carboxylic acids is 1. The van der Waals surface area contributed by atoms with E-state index in [2.05, 4.69) is 5.92 Å². The Morgan fingerprint density at radius 3 is 2.17 bits per heavy atom. The summed E-state index contributed by atoms with van der Waals surface area (Å²) in [5.74, 6) is 0.655. The zero-order valence-corrected chi connectivity index (χ0v) is 24.0. The molecule has 46 heavy (non-hydrogen) atoms. The summed E-state index contributed by atoms with van der Waals surface area (Å²) < 4.78 is 24.1. The summed E-state index contributed by atoms with van der Waals surface area (Å²) in [7, 11) is 0. The second-order valence-electron chi connectivity index (χ2n) is 10.9. The van der Waals surface area contributed by atoms with Crippen LogP contribution in [0.3, 0.4) is 0 Å². The molecule has 3 unspecified atom stereocenters. The number of aliphatic carboxylic acids is 2. The van der Waals surface area contributed by atoms with Crippen LogP contribution < -0.4 is 9.64 Å². The molecule has 12 nitrogen and oxygen atoms in total. The third kappa shape index (κ3) is 6.86. The molecule has 6 N–H and O–H groups in total. The van der Waals surface area contributed by atoms with Crippen LogP contribution in [-0.2, 0) is 19.1 Å². The molecule has 0 aromatic heterocycles. The Morgan fingerprint density at radius 2 is 1.57 bits per heavy atom. The highest BCUT2D eigenvalue weighted by Gasteiger charge is 2.49. The molecule has 2 heterocycles. The van der Waals surface area contributed by atoms with E-state index in [4.69, 9.17) is 14.6 Å². The van der Waals surface area contributed by atoms with Crippen molar-refractivity contribution >= 4 is 23.5 Å². The highest BCUT2D eigenvalue weighted by atomic mass is 19.1. The molecule has 2 saturated heterocycles. The second kappa shape index (κ2) is 13.7. The fourth-order valence-electron chi connectivity index (χ4n) is 5.55. The maximum Gasteiger partial charge on any atom is 0.382 e. The van der Waals surface area contributed by atoms with Crippen LogP contribution in [0.1, 0.15) is 41.7 Å². The van der Waals surface area contributed by atoms with Gasteiger partial charge in [0.1, 0.15) is 29.9 Å². The average Bonchev–Trinajstić information content (AvgIpc) is 3.04. The monoisotopic (exact) mass is 635 g/mol. The molecular weight excluding hydrogens is 605 g/mol. The van der Waals surface area contributed by atoms with E-state index in [1.54, 1.807) is 41.3 Å². The maximum absolute atomic E-state index is 13.5. The van der Waals surface area contributed by atoms with E-state index >= 15 is 0 Å². The third-order valence-corrected chi connectivity index (χ3v) is 7.97. The number of anilines is 1. The number of hydrogen-bond acceptors (Lipinski definition) is 9. The fraction of sp³-hybridized carbons (Fsp3) is 0.303. The second-order valence-corrected chi connectivity index (χ2v) is 10.9. The highest BCUT2D eigenvalue weighted by Crippen LogP contribution is 2.46. The van der Waals surface area contributed by atoms with E-state index in [1.165, 1.54) is 36.4 Å². The van der Waals surface area contributed by atoms with Crippen molar-refractivity contribution in [3.05, 3.63) is 95.3 Å². The Morgan fingerprint density at radius 1 is 0.913 bits per heavy atom. The molecule has 2 aliphatic rings. The number of carboxylic acid groups (broad SMARTS) is 2. The van der Waals surface area contributed by atoms with E-state index in [9.17, 15) is 44.3 Å². The minimum absolute atomic E-state index is 0.141. The summed E-state index contributed by atoms with van der Waals surface area (Å²) in [4.78, 5) is 37.2. The van der Waals surface area contributed by atoms with Gasteiger partial charge in [0.15, 0.2) is 6.10 Å². The van der Waals surface area contributed by atoms with Crippen LogP contribution in [0, 0.1) is 23.6 Å². The molecule has 0 bridgehead atoms. The van der Waals surface area contributed by atoms with Gasteiger partial charge in [0, 0.05) is 17.2 Å². The average molecular weight is 636 g/mol. The van der Waals surface area contributed by atoms with Gasteiger partial charge >= 0.3 is 11.9 Å². The first-order valence-corrected chi connectivity index (χ1v) is 14.2. The van der Waals surface area contributed by atoms with Crippen molar-refractivity contribution in [3.8, 4) is 17.6 Å². The summed E-state index contributed by atoms with van der Waals surface area (Å²) in [5, 5.41) is 59.1. The molecule has 1 amide bonds.